The zero-order valence-electron chi connectivity index (χ0n) is 14.5. The first-order chi connectivity index (χ1) is 11.3. The normalized spacial score (nSPS) is 15.7. The van der Waals surface area contributed by atoms with E-state index in [4.69, 9.17) is 4.74 Å². The summed E-state index contributed by atoms with van der Waals surface area (Å²) in [7, 11) is -3.53. The van der Waals surface area contributed by atoms with Crippen molar-refractivity contribution in [2.24, 2.45) is 0 Å². The molecule has 0 aromatic heterocycles. The minimum absolute atomic E-state index is 0.0618. The van der Waals surface area contributed by atoms with Crippen LogP contribution >= 0.6 is 0 Å². The highest BCUT2D eigenvalue weighted by atomic mass is 32.2. The fourth-order valence-electron chi connectivity index (χ4n) is 2.81. The van der Waals surface area contributed by atoms with Gasteiger partial charge in [-0.25, -0.2) is 13.1 Å². The van der Waals surface area contributed by atoms with E-state index >= 15 is 0 Å². The smallest absolute Gasteiger partial charge is 0.258 e. The molecule has 0 radical (unpaired) electrons. The second-order valence-electron chi connectivity index (χ2n) is 6.54. The lowest BCUT2D eigenvalue weighted by Crippen LogP contribution is -2.36. The summed E-state index contributed by atoms with van der Waals surface area (Å²) < 4.78 is 32.4. The van der Waals surface area contributed by atoms with E-state index in [1.807, 2.05) is 0 Å². The Hall–Kier alpha value is -1.60. The number of aryl methyl sites for hydroxylation is 1. The summed E-state index contributed by atoms with van der Waals surface area (Å²) in [5, 5.41) is 2.96. The third-order valence-corrected chi connectivity index (χ3v) is 5.58. The van der Waals surface area contributed by atoms with Crippen molar-refractivity contribution >= 4 is 15.9 Å². The molecule has 1 aliphatic rings. The van der Waals surface area contributed by atoms with Crippen LogP contribution in [0.1, 0.15) is 45.1 Å². The molecule has 1 amide bonds. The Labute approximate surface area is 144 Å². The van der Waals surface area contributed by atoms with E-state index in [0.717, 1.165) is 25.7 Å². The molecule has 0 spiro atoms. The van der Waals surface area contributed by atoms with Crippen molar-refractivity contribution in [2.75, 3.05) is 6.61 Å². The number of carbonyl (C=O) groups excluding carboxylic acids is 1. The quantitative estimate of drug-likeness (QED) is 0.785. The van der Waals surface area contributed by atoms with Crippen LogP contribution in [0, 0.1) is 6.92 Å². The summed E-state index contributed by atoms with van der Waals surface area (Å²) in [6.07, 6.45) is 4.37. The van der Waals surface area contributed by atoms with E-state index in [9.17, 15) is 13.2 Å². The van der Waals surface area contributed by atoms with Gasteiger partial charge in [-0.1, -0.05) is 12.8 Å². The third-order valence-electron chi connectivity index (χ3n) is 3.93. The van der Waals surface area contributed by atoms with Crippen LogP contribution in [0.3, 0.4) is 0 Å². The molecular weight excluding hydrogens is 328 g/mol. The molecule has 1 saturated carbocycles. The summed E-state index contributed by atoms with van der Waals surface area (Å²) in [5.74, 6) is 0.375. The molecule has 1 fully saturated rings. The molecule has 0 atom stereocenters. The third kappa shape index (κ3) is 5.21. The highest BCUT2D eigenvalue weighted by Crippen LogP contribution is 2.22. The topological polar surface area (TPSA) is 84.5 Å². The van der Waals surface area contributed by atoms with E-state index in [1.54, 1.807) is 32.9 Å². The van der Waals surface area contributed by atoms with Crippen LogP contribution in [0.5, 0.6) is 5.75 Å². The van der Waals surface area contributed by atoms with Gasteiger partial charge in [-0.3, -0.25) is 4.79 Å². The summed E-state index contributed by atoms with van der Waals surface area (Å²) in [6.45, 7) is 5.24. The first-order valence-electron chi connectivity index (χ1n) is 8.33. The molecule has 0 saturated heterocycles. The average Bonchev–Trinajstić information content (AvgIpc) is 2.97. The second-order valence-corrected chi connectivity index (χ2v) is 8.25. The molecule has 0 heterocycles. The van der Waals surface area contributed by atoms with Crippen LogP contribution in [-0.2, 0) is 14.8 Å². The van der Waals surface area contributed by atoms with Crippen molar-refractivity contribution in [2.45, 2.75) is 63.4 Å². The highest BCUT2D eigenvalue weighted by Gasteiger charge is 2.19. The van der Waals surface area contributed by atoms with Crippen molar-refractivity contribution < 1.29 is 17.9 Å². The number of hydrogen-bond acceptors (Lipinski definition) is 4. The largest absolute Gasteiger partial charge is 0.484 e. The lowest BCUT2D eigenvalue weighted by Gasteiger charge is -2.14. The number of ether oxygens (including phenoxy) is 1. The van der Waals surface area contributed by atoms with E-state index in [2.05, 4.69) is 10.0 Å². The molecule has 2 rings (SSSR count). The van der Waals surface area contributed by atoms with Gasteiger partial charge in [0.25, 0.3) is 5.91 Å². The minimum atomic E-state index is -3.53. The van der Waals surface area contributed by atoms with E-state index in [-0.39, 0.29) is 29.5 Å². The molecule has 6 nitrogen and oxygen atoms in total. The number of sulfonamides is 1. The predicted molar refractivity (Wildman–Crippen MR) is 92.5 cm³/mol. The number of hydrogen-bond donors (Lipinski definition) is 2. The molecule has 24 heavy (non-hydrogen) atoms. The standard InChI is InChI=1S/C17H26N2O4S/c1-12(2)19-24(21,22)15-8-9-16(13(3)10-15)23-11-17(20)18-14-6-4-5-7-14/h8-10,12,14,19H,4-7,11H2,1-3H3,(H,18,20). The first-order valence-corrected chi connectivity index (χ1v) is 9.81. The molecule has 0 aliphatic heterocycles. The highest BCUT2D eigenvalue weighted by molar-refractivity contribution is 7.89. The molecular formula is C17H26N2O4S. The maximum absolute atomic E-state index is 12.1. The second kappa shape index (κ2) is 7.98. The van der Waals surface area contributed by atoms with Gasteiger partial charge >= 0.3 is 0 Å². The van der Waals surface area contributed by atoms with Gasteiger partial charge < -0.3 is 10.1 Å². The van der Waals surface area contributed by atoms with Crippen LogP contribution in [0.15, 0.2) is 23.1 Å². The van der Waals surface area contributed by atoms with Crippen LogP contribution < -0.4 is 14.8 Å². The predicted octanol–water partition coefficient (Wildman–Crippen LogP) is 2.12. The Morgan fingerprint density at radius 2 is 1.96 bits per heavy atom. The average molecular weight is 354 g/mol. The maximum Gasteiger partial charge on any atom is 0.258 e. The zero-order chi connectivity index (χ0) is 17.7. The fraction of sp³-hybridized carbons (Fsp3) is 0.588. The summed E-state index contributed by atoms with van der Waals surface area (Å²) in [5.41, 5.74) is 0.676. The van der Waals surface area contributed by atoms with Gasteiger partial charge in [0.2, 0.25) is 10.0 Å². The Morgan fingerprint density at radius 3 is 2.54 bits per heavy atom. The molecule has 1 aromatic rings. The molecule has 7 heteroatoms. The summed E-state index contributed by atoms with van der Waals surface area (Å²) in [4.78, 5) is 12.1. The number of rotatable bonds is 7. The number of nitrogens with one attached hydrogen (secondary N) is 2. The lowest BCUT2D eigenvalue weighted by molar-refractivity contribution is -0.123. The van der Waals surface area contributed by atoms with Gasteiger partial charge in [-0.15, -0.1) is 0 Å². The Bertz CT molecular complexity index is 680. The van der Waals surface area contributed by atoms with Gasteiger partial charge in [0.15, 0.2) is 6.61 Å². The lowest BCUT2D eigenvalue weighted by atomic mass is 10.2. The van der Waals surface area contributed by atoms with Crippen molar-refractivity contribution in [1.82, 2.24) is 10.0 Å². The fourth-order valence-corrected chi connectivity index (χ4v) is 4.15. The van der Waals surface area contributed by atoms with Crippen LogP contribution in [-0.4, -0.2) is 33.0 Å². The maximum atomic E-state index is 12.1. The SMILES string of the molecule is Cc1cc(S(=O)(=O)NC(C)C)ccc1OCC(=O)NC1CCCC1. The van der Waals surface area contributed by atoms with Crippen molar-refractivity contribution in [3.05, 3.63) is 23.8 Å². The minimum Gasteiger partial charge on any atom is -0.484 e. The Kier molecular flexibility index (Phi) is 6.23. The van der Waals surface area contributed by atoms with Crippen molar-refractivity contribution in [3.63, 3.8) is 0 Å². The van der Waals surface area contributed by atoms with Crippen LogP contribution in [0.2, 0.25) is 0 Å². The van der Waals surface area contributed by atoms with Gasteiger partial charge in [-0.05, 0) is 57.4 Å². The molecule has 2 N–H and O–H groups in total. The Morgan fingerprint density at radius 1 is 1.29 bits per heavy atom. The van der Waals surface area contributed by atoms with Gasteiger partial charge in [0.1, 0.15) is 5.75 Å². The van der Waals surface area contributed by atoms with Crippen LogP contribution in [0.25, 0.3) is 0 Å². The van der Waals surface area contributed by atoms with E-state index in [0.29, 0.717) is 11.3 Å². The first kappa shape index (κ1) is 18.7. The van der Waals surface area contributed by atoms with Crippen molar-refractivity contribution in [3.8, 4) is 5.75 Å². The van der Waals surface area contributed by atoms with Crippen LogP contribution in [0.4, 0.5) is 0 Å². The van der Waals surface area contributed by atoms with Crippen molar-refractivity contribution in [1.29, 1.82) is 0 Å². The van der Waals surface area contributed by atoms with Gasteiger partial charge in [0.05, 0.1) is 4.90 Å². The molecule has 1 aliphatic carbocycles. The van der Waals surface area contributed by atoms with E-state index < -0.39 is 10.0 Å². The molecule has 134 valence electrons. The number of amides is 1. The molecule has 0 bridgehead atoms. The van der Waals surface area contributed by atoms with E-state index in [1.165, 1.54) is 6.07 Å². The molecule has 1 aromatic carbocycles. The number of benzene rings is 1. The Balaban J connectivity index is 1.95. The molecule has 0 unspecified atom stereocenters. The zero-order valence-corrected chi connectivity index (χ0v) is 15.3. The number of carbonyl (C=O) groups is 1. The monoisotopic (exact) mass is 354 g/mol. The summed E-state index contributed by atoms with van der Waals surface area (Å²) in [6, 6.07) is 4.71. The van der Waals surface area contributed by atoms with Gasteiger partial charge in [-0.2, -0.15) is 0 Å². The summed E-state index contributed by atoms with van der Waals surface area (Å²) >= 11 is 0. The van der Waals surface area contributed by atoms with Gasteiger partial charge in [0, 0.05) is 12.1 Å².